The minimum Gasteiger partial charge on any atom is -0.378 e. The minimum atomic E-state index is 0.240. The summed E-state index contributed by atoms with van der Waals surface area (Å²) in [7, 11) is 0. The second-order valence-electron chi connectivity index (χ2n) is 5.52. The molecule has 0 spiro atoms. The molecule has 100 valence electrons. The van der Waals surface area contributed by atoms with E-state index >= 15 is 0 Å². The summed E-state index contributed by atoms with van der Waals surface area (Å²) >= 11 is 0. The van der Waals surface area contributed by atoms with E-state index in [4.69, 9.17) is 9.47 Å². The lowest BCUT2D eigenvalue weighted by Crippen LogP contribution is -2.61. The SMILES string of the molecule is C=C(C)COCCNC1CC(OCC)C1(C)C. The van der Waals surface area contributed by atoms with Crippen molar-refractivity contribution < 1.29 is 9.47 Å². The summed E-state index contributed by atoms with van der Waals surface area (Å²) in [6.07, 6.45) is 1.52. The second kappa shape index (κ2) is 6.53. The Labute approximate surface area is 106 Å². The van der Waals surface area contributed by atoms with E-state index in [-0.39, 0.29) is 5.41 Å². The third kappa shape index (κ3) is 4.09. The Morgan fingerprint density at radius 3 is 2.71 bits per heavy atom. The standard InChI is InChI=1S/C14H27NO2/c1-6-17-13-9-12(14(13,4)5)15-7-8-16-10-11(2)3/h12-13,15H,2,6-10H2,1,3-5H3. The van der Waals surface area contributed by atoms with Gasteiger partial charge in [-0.05, 0) is 20.3 Å². The molecule has 0 aliphatic heterocycles. The van der Waals surface area contributed by atoms with Crippen LogP contribution in [0.4, 0.5) is 0 Å². The van der Waals surface area contributed by atoms with Gasteiger partial charge in [0.25, 0.3) is 0 Å². The van der Waals surface area contributed by atoms with Crippen molar-refractivity contribution >= 4 is 0 Å². The van der Waals surface area contributed by atoms with Crippen LogP contribution in [-0.2, 0) is 9.47 Å². The van der Waals surface area contributed by atoms with Crippen LogP contribution < -0.4 is 5.32 Å². The van der Waals surface area contributed by atoms with Crippen molar-refractivity contribution in [1.82, 2.24) is 5.32 Å². The van der Waals surface area contributed by atoms with Crippen LogP contribution in [-0.4, -0.2) is 38.5 Å². The Bertz CT molecular complexity index is 251. The molecule has 0 aromatic heterocycles. The second-order valence-corrected chi connectivity index (χ2v) is 5.52. The van der Waals surface area contributed by atoms with Gasteiger partial charge in [-0.1, -0.05) is 26.0 Å². The lowest BCUT2D eigenvalue weighted by molar-refractivity contribution is -0.114. The predicted molar refractivity (Wildman–Crippen MR) is 71.2 cm³/mol. The molecule has 0 saturated heterocycles. The van der Waals surface area contributed by atoms with Gasteiger partial charge in [0, 0.05) is 24.6 Å². The van der Waals surface area contributed by atoms with E-state index in [0.717, 1.165) is 31.8 Å². The average Bonchev–Trinajstić information content (AvgIpc) is 2.25. The summed E-state index contributed by atoms with van der Waals surface area (Å²) in [5.74, 6) is 0. The zero-order valence-electron chi connectivity index (χ0n) is 11.7. The van der Waals surface area contributed by atoms with Gasteiger partial charge in [-0.2, -0.15) is 0 Å². The van der Waals surface area contributed by atoms with E-state index in [9.17, 15) is 0 Å². The molecule has 0 aromatic carbocycles. The van der Waals surface area contributed by atoms with Crippen LogP contribution in [0.5, 0.6) is 0 Å². The summed E-state index contributed by atoms with van der Waals surface area (Å²) in [4.78, 5) is 0. The number of hydrogen-bond donors (Lipinski definition) is 1. The predicted octanol–water partition coefficient (Wildman–Crippen LogP) is 2.37. The largest absolute Gasteiger partial charge is 0.378 e. The first-order chi connectivity index (χ1) is 7.98. The first-order valence-corrected chi connectivity index (χ1v) is 6.55. The van der Waals surface area contributed by atoms with E-state index in [2.05, 4.69) is 32.7 Å². The Hall–Kier alpha value is -0.380. The van der Waals surface area contributed by atoms with Crippen LogP contribution in [0.2, 0.25) is 0 Å². The smallest absolute Gasteiger partial charge is 0.0672 e. The van der Waals surface area contributed by atoms with Crippen molar-refractivity contribution in [2.45, 2.75) is 46.3 Å². The Kier molecular flexibility index (Phi) is 5.63. The lowest BCUT2D eigenvalue weighted by Gasteiger charge is -2.52. The van der Waals surface area contributed by atoms with Gasteiger partial charge in [0.15, 0.2) is 0 Å². The topological polar surface area (TPSA) is 30.5 Å². The molecular formula is C14H27NO2. The molecule has 1 saturated carbocycles. The van der Waals surface area contributed by atoms with E-state index < -0.39 is 0 Å². The summed E-state index contributed by atoms with van der Waals surface area (Å²) < 4.78 is 11.2. The zero-order valence-corrected chi connectivity index (χ0v) is 11.7. The molecule has 1 aliphatic carbocycles. The van der Waals surface area contributed by atoms with Gasteiger partial charge in [-0.3, -0.25) is 0 Å². The number of hydrogen-bond acceptors (Lipinski definition) is 3. The fraction of sp³-hybridized carbons (Fsp3) is 0.857. The molecule has 0 heterocycles. The normalized spacial score (nSPS) is 26.6. The van der Waals surface area contributed by atoms with Gasteiger partial charge in [0.1, 0.15) is 0 Å². The fourth-order valence-electron chi connectivity index (χ4n) is 2.27. The number of ether oxygens (including phenoxy) is 2. The summed E-state index contributed by atoms with van der Waals surface area (Å²) in [5, 5.41) is 3.54. The van der Waals surface area contributed by atoms with Crippen LogP contribution in [0.1, 0.15) is 34.1 Å². The Morgan fingerprint density at radius 2 is 2.18 bits per heavy atom. The first-order valence-electron chi connectivity index (χ1n) is 6.55. The van der Waals surface area contributed by atoms with Crippen molar-refractivity contribution in [2.24, 2.45) is 5.41 Å². The van der Waals surface area contributed by atoms with E-state index in [0.29, 0.717) is 18.8 Å². The maximum atomic E-state index is 5.70. The van der Waals surface area contributed by atoms with Crippen LogP contribution >= 0.6 is 0 Å². The molecule has 0 amide bonds. The molecule has 0 radical (unpaired) electrons. The van der Waals surface area contributed by atoms with Crippen LogP contribution in [0.3, 0.4) is 0 Å². The van der Waals surface area contributed by atoms with Crippen LogP contribution in [0.25, 0.3) is 0 Å². The van der Waals surface area contributed by atoms with Gasteiger partial charge >= 0.3 is 0 Å². The highest BCUT2D eigenvalue weighted by Gasteiger charge is 2.48. The molecule has 1 N–H and O–H groups in total. The van der Waals surface area contributed by atoms with Gasteiger partial charge in [0.2, 0.25) is 0 Å². The molecule has 1 fully saturated rings. The maximum absolute atomic E-state index is 5.70. The number of rotatable bonds is 8. The van der Waals surface area contributed by atoms with E-state index in [1.165, 1.54) is 0 Å². The molecule has 0 bridgehead atoms. The van der Waals surface area contributed by atoms with Crippen LogP contribution in [0.15, 0.2) is 12.2 Å². The van der Waals surface area contributed by atoms with Gasteiger partial charge in [0.05, 0.1) is 19.3 Å². The van der Waals surface area contributed by atoms with Crippen molar-refractivity contribution in [3.8, 4) is 0 Å². The quantitative estimate of drug-likeness (QED) is 0.523. The molecule has 0 aromatic rings. The molecule has 3 nitrogen and oxygen atoms in total. The molecule has 1 aliphatic rings. The van der Waals surface area contributed by atoms with Crippen molar-refractivity contribution in [3.63, 3.8) is 0 Å². The van der Waals surface area contributed by atoms with Crippen molar-refractivity contribution in [1.29, 1.82) is 0 Å². The highest BCUT2D eigenvalue weighted by Crippen LogP contribution is 2.42. The first kappa shape index (κ1) is 14.7. The fourth-order valence-corrected chi connectivity index (χ4v) is 2.27. The highest BCUT2D eigenvalue weighted by molar-refractivity contribution is 5.02. The molecule has 17 heavy (non-hydrogen) atoms. The third-order valence-corrected chi connectivity index (χ3v) is 3.53. The third-order valence-electron chi connectivity index (χ3n) is 3.53. The monoisotopic (exact) mass is 241 g/mol. The van der Waals surface area contributed by atoms with E-state index in [1.54, 1.807) is 0 Å². The van der Waals surface area contributed by atoms with E-state index in [1.807, 2.05) is 6.92 Å². The Balaban J connectivity index is 2.11. The number of nitrogens with one attached hydrogen (secondary N) is 1. The molecule has 1 rings (SSSR count). The minimum absolute atomic E-state index is 0.240. The van der Waals surface area contributed by atoms with Gasteiger partial charge < -0.3 is 14.8 Å². The Morgan fingerprint density at radius 1 is 1.47 bits per heavy atom. The van der Waals surface area contributed by atoms with Crippen molar-refractivity contribution in [3.05, 3.63) is 12.2 Å². The molecule has 2 unspecified atom stereocenters. The maximum Gasteiger partial charge on any atom is 0.0672 e. The molecule has 2 atom stereocenters. The van der Waals surface area contributed by atoms with Gasteiger partial charge in [-0.25, -0.2) is 0 Å². The average molecular weight is 241 g/mol. The van der Waals surface area contributed by atoms with Crippen LogP contribution in [0, 0.1) is 5.41 Å². The lowest BCUT2D eigenvalue weighted by atomic mass is 9.64. The summed E-state index contributed by atoms with van der Waals surface area (Å²) in [5.41, 5.74) is 1.31. The zero-order chi connectivity index (χ0) is 12.9. The molecule has 3 heteroatoms. The van der Waals surface area contributed by atoms with Crippen molar-refractivity contribution in [2.75, 3.05) is 26.4 Å². The highest BCUT2D eigenvalue weighted by atomic mass is 16.5. The van der Waals surface area contributed by atoms with Gasteiger partial charge in [-0.15, -0.1) is 0 Å². The molecular weight excluding hydrogens is 214 g/mol. The summed E-state index contributed by atoms with van der Waals surface area (Å²) in [6, 6.07) is 0.549. The summed E-state index contributed by atoms with van der Waals surface area (Å²) in [6.45, 7) is 15.5.